The Kier molecular flexibility index (Phi) is 66.7. The summed E-state index contributed by atoms with van der Waals surface area (Å²) in [6.07, 6.45) is 98.0. The Balaban J connectivity index is 4.34. The maximum atomic E-state index is 12.9. The monoisotopic (exact) mass is 1150 g/mol. The first-order chi connectivity index (χ1) is 41.0. The molecule has 0 saturated carbocycles. The molecule has 0 aliphatic carbocycles. The van der Waals surface area contributed by atoms with E-state index in [0.717, 1.165) is 128 Å². The van der Waals surface area contributed by atoms with Crippen LogP contribution in [-0.4, -0.2) is 37.2 Å². The van der Waals surface area contributed by atoms with Gasteiger partial charge in [-0.05, 0) is 116 Å². The molecule has 0 aromatic carbocycles. The molecule has 0 heterocycles. The van der Waals surface area contributed by atoms with Crippen molar-refractivity contribution in [3.05, 3.63) is 122 Å². The van der Waals surface area contributed by atoms with Crippen LogP contribution in [0.25, 0.3) is 0 Å². The molecule has 0 aromatic heterocycles. The normalized spacial score (nSPS) is 12.9. The van der Waals surface area contributed by atoms with Crippen LogP contribution in [0.4, 0.5) is 0 Å². The van der Waals surface area contributed by atoms with Gasteiger partial charge in [0.15, 0.2) is 6.10 Å². The number of carbonyl (C=O) groups is 3. The summed E-state index contributed by atoms with van der Waals surface area (Å²) in [4.78, 5) is 38.4. The summed E-state index contributed by atoms with van der Waals surface area (Å²) in [6, 6.07) is 0. The predicted octanol–water partition coefficient (Wildman–Crippen LogP) is 24.3. The zero-order chi connectivity index (χ0) is 59.9. The van der Waals surface area contributed by atoms with Crippen LogP contribution >= 0.6 is 0 Å². The van der Waals surface area contributed by atoms with Gasteiger partial charge in [-0.25, -0.2) is 0 Å². The van der Waals surface area contributed by atoms with Crippen LogP contribution in [0.5, 0.6) is 0 Å². The Bertz CT molecular complexity index is 1700. The molecule has 0 spiro atoms. The molecule has 0 fully saturated rings. The minimum atomic E-state index is -0.798. The topological polar surface area (TPSA) is 78.9 Å². The van der Waals surface area contributed by atoms with Crippen LogP contribution < -0.4 is 0 Å². The molecule has 6 heteroatoms. The highest BCUT2D eigenvalue weighted by Gasteiger charge is 2.19. The fraction of sp³-hybridized carbons (Fsp3) is 0.701. The molecule has 0 aliphatic heterocycles. The average Bonchev–Trinajstić information content (AvgIpc) is 3.49. The molecular weight excluding hydrogens is 1020 g/mol. The van der Waals surface area contributed by atoms with E-state index in [1.165, 1.54) is 161 Å². The molecule has 1 unspecified atom stereocenters. The lowest BCUT2D eigenvalue weighted by Gasteiger charge is -2.18. The van der Waals surface area contributed by atoms with Crippen molar-refractivity contribution in [3.8, 4) is 0 Å². The smallest absolute Gasteiger partial charge is 0.306 e. The fourth-order valence-electron chi connectivity index (χ4n) is 9.73. The molecule has 0 amide bonds. The van der Waals surface area contributed by atoms with Gasteiger partial charge in [-0.15, -0.1) is 0 Å². The van der Waals surface area contributed by atoms with Gasteiger partial charge >= 0.3 is 17.9 Å². The zero-order valence-electron chi connectivity index (χ0n) is 54.4. The first kappa shape index (κ1) is 78.8. The van der Waals surface area contributed by atoms with E-state index in [1.54, 1.807) is 0 Å². The van der Waals surface area contributed by atoms with E-state index >= 15 is 0 Å². The number of unbranched alkanes of at least 4 members (excludes halogenated alkanes) is 32. The average molecular weight is 1150 g/mol. The van der Waals surface area contributed by atoms with Crippen LogP contribution in [0.15, 0.2) is 122 Å². The van der Waals surface area contributed by atoms with Gasteiger partial charge in [0.05, 0.1) is 0 Å². The van der Waals surface area contributed by atoms with Gasteiger partial charge in [0.1, 0.15) is 13.2 Å². The highest BCUT2D eigenvalue weighted by Crippen LogP contribution is 2.17. The van der Waals surface area contributed by atoms with E-state index in [1.807, 2.05) is 0 Å². The molecule has 6 nitrogen and oxygen atoms in total. The van der Waals surface area contributed by atoms with Gasteiger partial charge in [-0.1, -0.05) is 316 Å². The summed E-state index contributed by atoms with van der Waals surface area (Å²) < 4.78 is 16.9. The number of esters is 3. The Morgan fingerprint density at radius 1 is 0.253 bits per heavy atom. The quantitative estimate of drug-likeness (QED) is 0.0261. The summed E-state index contributed by atoms with van der Waals surface area (Å²) in [5.41, 5.74) is 0. The maximum Gasteiger partial charge on any atom is 0.306 e. The summed E-state index contributed by atoms with van der Waals surface area (Å²) in [5, 5.41) is 0. The van der Waals surface area contributed by atoms with E-state index < -0.39 is 6.10 Å². The summed E-state index contributed by atoms with van der Waals surface area (Å²) in [5.74, 6) is -0.923. The summed E-state index contributed by atoms with van der Waals surface area (Å²) in [7, 11) is 0. The van der Waals surface area contributed by atoms with Gasteiger partial charge in [0.2, 0.25) is 0 Å². The Labute approximate surface area is 513 Å². The van der Waals surface area contributed by atoms with Crippen molar-refractivity contribution >= 4 is 17.9 Å². The van der Waals surface area contributed by atoms with Gasteiger partial charge in [0.25, 0.3) is 0 Å². The Morgan fingerprint density at radius 2 is 0.470 bits per heavy atom. The second-order valence-corrected chi connectivity index (χ2v) is 23.1. The highest BCUT2D eigenvalue weighted by atomic mass is 16.6. The molecule has 474 valence electrons. The second kappa shape index (κ2) is 70.3. The van der Waals surface area contributed by atoms with E-state index in [-0.39, 0.29) is 31.1 Å². The van der Waals surface area contributed by atoms with Crippen molar-refractivity contribution in [3.63, 3.8) is 0 Å². The van der Waals surface area contributed by atoms with Crippen LogP contribution in [0.2, 0.25) is 0 Å². The second-order valence-electron chi connectivity index (χ2n) is 23.1. The van der Waals surface area contributed by atoms with Gasteiger partial charge in [-0.3, -0.25) is 14.4 Å². The van der Waals surface area contributed by atoms with Gasteiger partial charge in [-0.2, -0.15) is 0 Å². The maximum absolute atomic E-state index is 12.9. The lowest BCUT2D eigenvalue weighted by Crippen LogP contribution is -2.30. The van der Waals surface area contributed by atoms with Crippen LogP contribution in [0, 0.1) is 0 Å². The summed E-state index contributed by atoms with van der Waals surface area (Å²) >= 11 is 0. The van der Waals surface area contributed by atoms with Crippen molar-refractivity contribution in [2.75, 3.05) is 13.2 Å². The number of rotatable bonds is 63. The number of allylic oxidation sites excluding steroid dienone is 20. The van der Waals surface area contributed by atoms with E-state index in [4.69, 9.17) is 14.2 Å². The van der Waals surface area contributed by atoms with E-state index in [9.17, 15) is 14.4 Å². The standard InChI is InChI=1S/C77H130O6/c1-4-7-10-13-16-19-22-25-27-29-31-33-35-36-37-38-39-40-41-42-43-45-46-48-50-52-55-58-61-64-67-70-76(79)82-73-74(72-81-75(78)69-66-63-60-57-54-24-21-18-15-12-9-6-3)83-77(80)71-68-65-62-59-56-53-51-49-47-44-34-32-30-28-26-23-20-17-14-11-8-5-2/h7,10,16,18-19,21,25,27,31,33,36-37,39-40,42-43,46,48,52,55,74H,4-6,8-9,11-15,17,20,22-24,26,28-30,32,34-35,38,41,44-45,47,49-51,53-54,56-73H2,1-3H3/b10-7-,19-16-,21-18-,27-25-,33-31-,37-36-,40-39-,43-42-,48-46-,55-52-. The zero-order valence-corrected chi connectivity index (χ0v) is 54.4. The molecule has 0 rings (SSSR count). The third kappa shape index (κ3) is 68.5. The fourth-order valence-corrected chi connectivity index (χ4v) is 9.73. The van der Waals surface area contributed by atoms with Crippen molar-refractivity contribution in [2.24, 2.45) is 0 Å². The third-order valence-corrected chi connectivity index (χ3v) is 15.0. The van der Waals surface area contributed by atoms with Crippen LogP contribution in [-0.2, 0) is 28.6 Å². The SMILES string of the molecule is CC/C=C\C/C=C\C/C=C\C/C=C\C/C=C\C/C=C\C/C=C\C/C=C\C/C=C\CCCCCC(=O)OCC(COC(=O)CCCCCCC/C=C\CCCCC)OC(=O)CCCCCCCCCCCCCCCCCCCCCCCC. The van der Waals surface area contributed by atoms with Crippen molar-refractivity contribution in [1.29, 1.82) is 0 Å². The summed E-state index contributed by atoms with van der Waals surface area (Å²) in [6.45, 7) is 6.50. The van der Waals surface area contributed by atoms with Gasteiger partial charge < -0.3 is 14.2 Å². The largest absolute Gasteiger partial charge is 0.462 e. The first-order valence-corrected chi connectivity index (χ1v) is 35.0. The van der Waals surface area contributed by atoms with Crippen LogP contribution in [0.1, 0.15) is 329 Å². The first-order valence-electron chi connectivity index (χ1n) is 35.0. The molecular formula is C77H130O6. The predicted molar refractivity (Wildman–Crippen MR) is 362 cm³/mol. The number of carbonyl (C=O) groups excluding carboxylic acids is 3. The van der Waals surface area contributed by atoms with Crippen LogP contribution in [0.3, 0.4) is 0 Å². The molecule has 0 radical (unpaired) electrons. The van der Waals surface area contributed by atoms with Gasteiger partial charge in [0, 0.05) is 19.3 Å². The number of ether oxygens (including phenoxy) is 3. The molecule has 0 aromatic rings. The molecule has 83 heavy (non-hydrogen) atoms. The van der Waals surface area contributed by atoms with E-state index in [2.05, 4.69) is 142 Å². The highest BCUT2D eigenvalue weighted by molar-refractivity contribution is 5.71. The van der Waals surface area contributed by atoms with E-state index in [0.29, 0.717) is 19.3 Å². The number of hydrogen-bond donors (Lipinski definition) is 0. The molecule has 1 atom stereocenters. The van der Waals surface area contributed by atoms with Crippen molar-refractivity contribution in [2.45, 2.75) is 335 Å². The Hall–Kier alpha value is -4.19. The van der Waals surface area contributed by atoms with Crippen molar-refractivity contribution < 1.29 is 28.6 Å². The molecule has 0 N–H and O–H groups in total. The minimum absolute atomic E-state index is 0.0922. The lowest BCUT2D eigenvalue weighted by atomic mass is 10.0. The molecule has 0 bridgehead atoms. The Morgan fingerprint density at radius 3 is 0.783 bits per heavy atom. The lowest BCUT2D eigenvalue weighted by molar-refractivity contribution is -0.167. The molecule has 0 aliphatic rings. The minimum Gasteiger partial charge on any atom is -0.462 e. The molecule has 0 saturated heterocycles. The van der Waals surface area contributed by atoms with Crippen molar-refractivity contribution in [1.82, 2.24) is 0 Å². The number of hydrogen-bond acceptors (Lipinski definition) is 6. The third-order valence-electron chi connectivity index (χ3n) is 15.0.